The molecule has 2 atom stereocenters. The summed E-state index contributed by atoms with van der Waals surface area (Å²) in [4.78, 5) is 16.5. The zero-order chi connectivity index (χ0) is 21.7. The van der Waals surface area contributed by atoms with Crippen LogP contribution in [0.5, 0.6) is 0 Å². The first-order chi connectivity index (χ1) is 15.0. The van der Waals surface area contributed by atoms with Crippen LogP contribution in [0.3, 0.4) is 0 Å². The maximum atomic E-state index is 14.1. The lowest BCUT2D eigenvalue weighted by molar-refractivity contribution is 0.0656. The number of halogens is 1. The quantitative estimate of drug-likeness (QED) is 0.457. The predicted molar refractivity (Wildman–Crippen MR) is 115 cm³/mol. The van der Waals surface area contributed by atoms with Gasteiger partial charge in [0, 0.05) is 41.7 Å². The van der Waals surface area contributed by atoms with E-state index in [0.717, 1.165) is 16.8 Å². The zero-order valence-electron chi connectivity index (χ0n) is 17.4. The van der Waals surface area contributed by atoms with Gasteiger partial charge in [0.25, 0.3) is 5.91 Å². The minimum atomic E-state index is -0.418. The molecule has 0 N–H and O–H groups in total. The molecule has 5 rings (SSSR count). The van der Waals surface area contributed by atoms with Crippen molar-refractivity contribution in [3.8, 4) is 11.3 Å². The molecule has 1 aliphatic heterocycles. The van der Waals surface area contributed by atoms with E-state index in [1.54, 1.807) is 29.5 Å². The van der Waals surface area contributed by atoms with Crippen LogP contribution in [-0.2, 0) is 7.05 Å². The standard InChI is InChI=1S/C23H21FN4O2S/c1-13-17(11-25-27(13)3)18-12-28(14(2)15-8-9-31-22(15)18)23(29)20-10-21(30-26-20)16-6-4-5-7-19(16)24/h4-11,14,18H,12H2,1-3H3. The van der Waals surface area contributed by atoms with E-state index in [4.69, 9.17) is 4.52 Å². The van der Waals surface area contributed by atoms with Crippen molar-refractivity contribution in [2.75, 3.05) is 6.54 Å². The highest BCUT2D eigenvalue weighted by molar-refractivity contribution is 7.10. The zero-order valence-corrected chi connectivity index (χ0v) is 18.2. The third-order valence-electron chi connectivity index (χ3n) is 6.12. The average Bonchev–Trinajstić information content (AvgIpc) is 3.50. The molecule has 8 heteroatoms. The van der Waals surface area contributed by atoms with Crippen molar-refractivity contribution < 1.29 is 13.7 Å². The molecule has 0 fully saturated rings. The molecule has 4 heterocycles. The van der Waals surface area contributed by atoms with Gasteiger partial charge in [-0.2, -0.15) is 5.10 Å². The van der Waals surface area contributed by atoms with Crippen LogP contribution >= 0.6 is 11.3 Å². The second kappa shape index (κ2) is 7.46. The van der Waals surface area contributed by atoms with Crippen LogP contribution in [0.15, 0.2) is 52.5 Å². The fourth-order valence-corrected chi connectivity index (χ4v) is 5.33. The summed E-state index contributed by atoms with van der Waals surface area (Å²) in [7, 11) is 1.92. The van der Waals surface area contributed by atoms with Gasteiger partial charge in [-0.15, -0.1) is 11.3 Å². The highest BCUT2D eigenvalue weighted by Crippen LogP contribution is 2.43. The Morgan fingerprint density at radius 2 is 2.06 bits per heavy atom. The van der Waals surface area contributed by atoms with Gasteiger partial charge in [0.2, 0.25) is 0 Å². The maximum Gasteiger partial charge on any atom is 0.276 e. The lowest BCUT2D eigenvalue weighted by Gasteiger charge is -2.37. The molecular weight excluding hydrogens is 415 g/mol. The first kappa shape index (κ1) is 19.7. The Bertz CT molecular complexity index is 1270. The van der Waals surface area contributed by atoms with Gasteiger partial charge in [-0.3, -0.25) is 9.48 Å². The molecule has 1 aliphatic rings. The van der Waals surface area contributed by atoms with Crippen molar-refractivity contribution in [1.82, 2.24) is 19.8 Å². The topological polar surface area (TPSA) is 64.2 Å². The SMILES string of the molecule is Cc1c(C2CN(C(=O)c3cc(-c4ccccc4F)on3)C(C)c3ccsc32)cnn1C. The summed E-state index contributed by atoms with van der Waals surface area (Å²) in [6.07, 6.45) is 1.88. The Morgan fingerprint density at radius 3 is 2.81 bits per heavy atom. The third-order valence-corrected chi connectivity index (χ3v) is 7.16. The molecule has 0 radical (unpaired) electrons. The summed E-state index contributed by atoms with van der Waals surface area (Å²) in [6, 6.07) is 9.77. The number of nitrogens with zero attached hydrogens (tertiary/aromatic N) is 4. The Kier molecular flexibility index (Phi) is 4.74. The van der Waals surface area contributed by atoms with Crippen molar-refractivity contribution in [2.45, 2.75) is 25.8 Å². The molecule has 1 amide bonds. The number of thiophene rings is 1. The van der Waals surface area contributed by atoms with E-state index in [-0.39, 0.29) is 34.9 Å². The molecule has 1 aromatic carbocycles. The summed E-state index contributed by atoms with van der Waals surface area (Å²) >= 11 is 1.71. The number of aromatic nitrogens is 3. The highest BCUT2D eigenvalue weighted by Gasteiger charge is 2.37. The second-order valence-electron chi connectivity index (χ2n) is 7.79. The smallest absolute Gasteiger partial charge is 0.276 e. The summed E-state index contributed by atoms with van der Waals surface area (Å²) in [5.41, 5.74) is 3.78. The third kappa shape index (κ3) is 3.18. The van der Waals surface area contributed by atoms with Gasteiger partial charge in [0.1, 0.15) is 5.82 Å². The van der Waals surface area contributed by atoms with Gasteiger partial charge in [-0.05, 0) is 43.0 Å². The van der Waals surface area contributed by atoms with Crippen molar-refractivity contribution in [1.29, 1.82) is 0 Å². The number of hydrogen-bond donors (Lipinski definition) is 0. The van der Waals surface area contributed by atoms with Gasteiger partial charge in [0.15, 0.2) is 11.5 Å². The Hall–Kier alpha value is -3.26. The number of hydrogen-bond acceptors (Lipinski definition) is 5. The number of carbonyl (C=O) groups excluding carboxylic acids is 1. The first-order valence-corrected chi connectivity index (χ1v) is 10.9. The van der Waals surface area contributed by atoms with E-state index in [2.05, 4.69) is 21.7 Å². The average molecular weight is 437 g/mol. The molecule has 0 saturated carbocycles. The van der Waals surface area contributed by atoms with Gasteiger partial charge in [-0.25, -0.2) is 4.39 Å². The van der Waals surface area contributed by atoms with Gasteiger partial charge >= 0.3 is 0 Å². The molecule has 2 unspecified atom stereocenters. The molecule has 3 aromatic heterocycles. The number of carbonyl (C=O) groups is 1. The molecule has 0 saturated heterocycles. The fraction of sp³-hybridized carbons (Fsp3) is 0.261. The summed E-state index contributed by atoms with van der Waals surface area (Å²) in [5, 5.41) is 10.4. The molecule has 0 spiro atoms. The number of rotatable bonds is 3. The normalized spacial score (nSPS) is 18.3. The summed E-state index contributed by atoms with van der Waals surface area (Å²) in [6.45, 7) is 4.58. The number of fused-ring (bicyclic) bond motifs is 1. The Morgan fingerprint density at radius 1 is 1.26 bits per heavy atom. The van der Waals surface area contributed by atoms with Crippen molar-refractivity contribution in [2.24, 2.45) is 7.05 Å². The largest absolute Gasteiger partial charge is 0.355 e. The van der Waals surface area contributed by atoms with Crippen LogP contribution in [0.1, 0.15) is 51.1 Å². The monoisotopic (exact) mass is 436 g/mol. The lowest BCUT2D eigenvalue weighted by Crippen LogP contribution is -2.40. The van der Waals surface area contributed by atoms with Crippen LogP contribution in [0.25, 0.3) is 11.3 Å². The van der Waals surface area contributed by atoms with Crippen LogP contribution in [0, 0.1) is 12.7 Å². The second-order valence-corrected chi connectivity index (χ2v) is 8.74. The first-order valence-electron chi connectivity index (χ1n) is 10.0. The molecule has 4 aromatic rings. The molecule has 31 heavy (non-hydrogen) atoms. The lowest BCUT2D eigenvalue weighted by atomic mass is 9.88. The summed E-state index contributed by atoms with van der Waals surface area (Å²) < 4.78 is 21.3. The number of amides is 1. The molecule has 158 valence electrons. The molecule has 0 aliphatic carbocycles. The van der Waals surface area contributed by atoms with Crippen LogP contribution in [0.4, 0.5) is 4.39 Å². The molecular formula is C23H21FN4O2S. The number of aryl methyl sites for hydroxylation is 1. The van der Waals surface area contributed by atoms with E-state index in [1.807, 2.05) is 36.7 Å². The maximum absolute atomic E-state index is 14.1. The number of benzene rings is 1. The van der Waals surface area contributed by atoms with Gasteiger partial charge in [-0.1, -0.05) is 17.3 Å². The highest BCUT2D eigenvalue weighted by atomic mass is 32.1. The van der Waals surface area contributed by atoms with Gasteiger partial charge in [0.05, 0.1) is 17.8 Å². The minimum Gasteiger partial charge on any atom is -0.355 e. The van der Waals surface area contributed by atoms with Crippen LogP contribution in [0.2, 0.25) is 0 Å². The molecule has 6 nitrogen and oxygen atoms in total. The van der Waals surface area contributed by atoms with Crippen LogP contribution < -0.4 is 0 Å². The van der Waals surface area contributed by atoms with Crippen molar-refractivity contribution in [3.63, 3.8) is 0 Å². The minimum absolute atomic E-state index is 0.0433. The Labute approximate surface area is 182 Å². The Balaban J connectivity index is 1.50. The van der Waals surface area contributed by atoms with Crippen molar-refractivity contribution >= 4 is 17.2 Å². The van der Waals surface area contributed by atoms with Crippen LogP contribution in [-0.4, -0.2) is 32.3 Å². The fourth-order valence-electron chi connectivity index (χ4n) is 4.23. The predicted octanol–water partition coefficient (Wildman–Crippen LogP) is 4.93. The van der Waals surface area contributed by atoms with Gasteiger partial charge < -0.3 is 9.42 Å². The van der Waals surface area contributed by atoms with E-state index in [0.29, 0.717) is 6.54 Å². The van der Waals surface area contributed by atoms with E-state index < -0.39 is 5.82 Å². The van der Waals surface area contributed by atoms with E-state index >= 15 is 0 Å². The van der Waals surface area contributed by atoms with E-state index in [1.165, 1.54) is 17.0 Å². The summed E-state index contributed by atoms with van der Waals surface area (Å²) in [5.74, 6) is -0.370. The molecule has 0 bridgehead atoms. The van der Waals surface area contributed by atoms with Crippen molar-refractivity contribution in [3.05, 3.63) is 81.2 Å². The van der Waals surface area contributed by atoms with E-state index in [9.17, 15) is 9.18 Å².